The van der Waals surface area contributed by atoms with Crippen LogP contribution in [0, 0.1) is 0 Å². The Balaban J connectivity index is 2.46. The van der Waals surface area contributed by atoms with Gasteiger partial charge in [0.2, 0.25) is 5.91 Å². The van der Waals surface area contributed by atoms with Gasteiger partial charge in [0.25, 0.3) is 0 Å². The smallest absolute Gasteiger partial charge is 0.239 e. The fourth-order valence-electron chi connectivity index (χ4n) is 1.41. The molecule has 1 heterocycles. The number of likely N-dealkylation sites (tertiary alicyclic amines) is 1. The molecule has 1 aliphatic rings. The number of rotatable bonds is 1. The molecule has 4 heteroatoms. The van der Waals surface area contributed by atoms with Gasteiger partial charge in [-0.3, -0.25) is 4.79 Å². The summed E-state index contributed by atoms with van der Waals surface area (Å²) >= 11 is 5.93. The highest BCUT2D eigenvalue weighted by Crippen LogP contribution is 2.15. The van der Waals surface area contributed by atoms with Crippen LogP contribution in [0.4, 0.5) is 0 Å². The molecular formula is C8H15ClN2O. The molecule has 1 amide bonds. The van der Waals surface area contributed by atoms with Crippen LogP contribution < -0.4 is 5.73 Å². The van der Waals surface area contributed by atoms with Crippen molar-refractivity contribution in [1.82, 2.24) is 4.90 Å². The number of nitrogens with two attached hydrogens (primary N) is 1. The van der Waals surface area contributed by atoms with E-state index in [4.69, 9.17) is 17.3 Å². The average molecular weight is 191 g/mol. The highest BCUT2D eigenvalue weighted by molar-refractivity contribution is 6.20. The maximum Gasteiger partial charge on any atom is 0.239 e. The molecule has 2 unspecified atom stereocenters. The third kappa shape index (κ3) is 2.35. The van der Waals surface area contributed by atoms with Crippen LogP contribution in [0.2, 0.25) is 0 Å². The van der Waals surface area contributed by atoms with Crippen molar-refractivity contribution in [3.05, 3.63) is 0 Å². The molecule has 12 heavy (non-hydrogen) atoms. The van der Waals surface area contributed by atoms with Crippen LogP contribution in [-0.2, 0) is 4.79 Å². The zero-order valence-corrected chi connectivity index (χ0v) is 8.05. The molecule has 0 bridgehead atoms. The van der Waals surface area contributed by atoms with E-state index >= 15 is 0 Å². The lowest BCUT2D eigenvalue weighted by Gasteiger charge is -2.30. The van der Waals surface area contributed by atoms with E-state index in [0.717, 1.165) is 19.4 Å². The zero-order valence-electron chi connectivity index (χ0n) is 7.29. The quantitative estimate of drug-likeness (QED) is 0.615. The van der Waals surface area contributed by atoms with E-state index in [-0.39, 0.29) is 11.3 Å². The Labute approximate surface area is 77.9 Å². The van der Waals surface area contributed by atoms with Gasteiger partial charge in [-0.15, -0.1) is 11.6 Å². The number of hydrogen-bond donors (Lipinski definition) is 1. The van der Waals surface area contributed by atoms with E-state index in [0.29, 0.717) is 6.54 Å². The van der Waals surface area contributed by atoms with Gasteiger partial charge in [0, 0.05) is 13.1 Å². The van der Waals surface area contributed by atoms with Crippen LogP contribution in [-0.4, -0.2) is 35.3 Å². The van der Waals surface area contributed by atoms with Gasteiger partial charge in [-0.1, -0.05) is 0 Å². The molecular weight excluding hydrogens is 176 g/mol. The fourth-order valence-corrected chi connectivity index (χ4v) is 1.73. The van der Waals surface area contributed by atoms with Crippen LogP contribution in [0.1, 0.15) is 19.8 Å². The number of amides is 1. The van der Waals surface area contributed by atoms with Gasteiger partial charge in [-0.2, -0.15) is 0 Å². The molecule has 1 rings (SSSR count). The SMILES string of the molecule is CC(N)C(=O)N1CCCC(Cl)C1. The molecule has 1 saturated heterocycles. The average Bonchev–Trinajstić information content (AvgIpc) is 2.03. The molecule has 0 aromatic heterocycles. The number of alkyl halides is 1. The van der Waals surface area contributed by atoms with Crippen LogP contribution in [0.3, 0.4) is 0 Å². The van der Waals surface area contributed by atoms with Gasteiger partial charge in [0.1, 0.15) is 0 Å². The van der Waals surface area contributed by atoms with Crippen LogP contribution in [0.15, 0.2) is 0 Å². The summed E-state index contributed by atoms with van der Waals surface area (Å²) in [7, 11) is 0. The summed E-state index contributed by atoms with van der Waals surface area (Å²) in [6.07, 6.45) is 2.00. The lowest BCUT2D eigenvalue weighted by molar-refractivity contribution is -0.132. The summed E-state index contributed by atoms with van der Waals surface area (Å²) in [5, 5.41) is 0.112. The topological polar surface area (TPSA) is 46.3 Å². The molecule has 70 valence electrons. The van der Waals surface area contributed by atoms with E-state index in [2.05, 4.69) is 0 Å². The van der Waals surface area contributed by atoms with E-state index in [1.54, 1.807) is 11.8 Å². The molecule has 0 aromatic carbocycles. The molecule has 3 nitrogen and oxygen atoms in total. The normalized spacial score (nSPS) is 26.9. The first-order valence-corrected chi connectivity index (χ1v) is 4.73. The molecule has 2 N–H and O–H groups in total. The number of halogens is 1. The molecule has 0 spiro atoms. The van der Waals surface area contributed by atoms with E-state index in [1.165, 1.54) is 0 Å². The standard InChI is InChI=1S/C8H15ClN2O/c1-6(10)8(12)11-4-2-3-7(9)5-11/h6-7H,2-5,10H2,1H3. The number of carbonyl (C=O) groups excluding carboxylic acids is 1. The lowest BCUT2D eigenvalue weighted by Crippen LogP contribution is -2.47. The Morgan fingerprint density at radius 2 is 2.42 bits per heavy atom. The number of carbonyl (C=O) groups is 1. The predicted molar refractivity (Wildman–Crippen MR) is 49.1 cm³/mol. The Hall–Kier alpha value is -0.280. The number of nitrogens with zero attached hydrogens (tertiary/aromatic N) is 1. The summed E-state index contributed by atoms with van der Waals surface area (Å²) in [4.78, 5) is 13.1. The Bertz CT molecular complexity index is 172. The van der Waals surface area contributed by atoms with Gasteiger partial charge in [0.05, 0.1) is 11.4 Å². The summed E-state index contributed by atoms with van der Waals surface area (Å²) in [6, 6.07) is -0.396. The maximum absolute atomic E-state index is 11.4. The zero-order chi connectivity index (χ0) is 9.14. The fraction of sp³-hybridized carbons (Fsp3) is 0.875. The molecule has 1 fully saturated rings. The van der Waals surface area contributed by atoms with Crippen molar-refractivity contribution >= 4 is 17.5 Å². The first kappa shape index (κ1) is 9.81. The van der Waals surface area contributed by atoms with Gasteiger partial charge >= 0.3 is 0 Å². The van der Waals surface area contributed by atoms with Crippen LogP contribution in [0.25, 0.3) is 0 Å². The molecule has 1 aliphatic heterocycles. The highest BCUT2D eigenvalue weighted by atomic mass is 35.5. The van der Waals surface area contributed by atoms with Gasteiger partial charge in [-0.05, 0) is 19.8 Å². The minimum Gasteiger partial charge on any atom is -0.340 e. The second kappa shape index (κ2) is 4.10. The maximum atomic E-state index is 11.4. The predicted octanol–water partition coefficient (Wildman–Crippen LogP) is 0.563. The van der Waals surface area contributed by atoms with Crippen molar-refractivity contribution in [1.29, 1.82) is 0 Å². The minimum atomic E-state index is -0.396. The van der Waals surface area contributed by atoms with E-state index < -0.39 is 6.04 Å². The largest absolute Gasteiger partial charge is 0.340 e. The molecule has 0 aliphatic carbocycles. The third-order valence-corrected chi connectivity index (χ3v) is 2.42. The first-order chi connectivity index (χ1) is 5.61. The second-order valence-corrected chi connectivity index (χ2v) is 3.93. The molecule has 0 saturated carbocycles. The van der Waals surface area contributed by atoms with Crippen molar-refractivity contribution in [2.24, 2.45) is 5.73 Å². The van der Waals surface area contributed by atoms with Gasteiger partial charge < -0.3 is 10.6 Å². The molecule has 0 radical (unpaired) electrons. The number of piperidine rings is 1. The van der Waals surface area contributed by atoms with Crippen molar-refractivity contribution in [2.45, 2.75) is 31.2 Å². The monoisotopic (exact) mass is 190 g/mol. The summed E-state index contributed by atoms with van der Waals surface area (Å²) in [6.45, 7) is 3.17. The Kier molecular flexibility index (Phi) is 3.35. The van der Waals surface area contributed by atoms with Gasteiger partial charge in [-0.25, -0.2) is 0 Å². The van der Waals surface area contributed by atoms with Crippen molar-refractivity contribution in [3.63, 3.8) is 0 Å². The van der Waals surface area contributed by atoms with Gasteiger partial charge in [0.15, 0.2) is 0 Å². The van der Waals surface area contributed by atoms with E-state index in [9.17, 15) is 4.79 Å². The third-order valence-electron chi connectivity index (χ3n) is 2.07. The highest BCUT2D eigenvalue weighted by Gasteiger charge is 2.23. The Morgan fingerprint density at radius 3 is 2.92 bits per heavy atom. The molecule has 2 atom stereocenters. The molecule has 0 aromatic rings. The van der Waals surface area contributed by atoms with Crippen molar-refractivity contribution in [3.8, 4) is 0 Å². The second-order valence-electron chi connectivity index (χ2n) is 3.31. The van der Waals surface area contributed by atoms with E-state index in [1.807, 2.05) is 0 Å². The van der Waals surface area contributed by atoms with Crippen LogP contribution >= 0.6 is 11.6 Å². The first-order valence-electron chi connectivity index (χ1n) is 4.29. The summed E-state index contributed by atoms with van der Waals surface area (Å²) in [5.74, 6) is 0.0142. The van der Waals surface area contributed by atoms with Crippen LogP contribution in [0.5, 0.6) is 0 Å². The summed E-state index contributed by atoms with van der Waals surface area (Å²) in [5.41, 5.74) is 5.48. The minimum absolute atomic E-state index is 0.0142. The Morgan fingerprint density at radius 1 is 1.75 bits per heavy atom. The van der Waals surface area contributed by atoms with Crippen molar-refractivity contribution in [2.75, 3.05) is 13.1 Å². The number of hydrogen-bond acceptors (Lipinski definition) is 2. The summed E-state index contributed by atoms with van der Waals surface area (Å²) < 4.78 is 0. The van der Waals surface area contributed by atoms with Crippen molar-refractivity contribution < 1.29 is 4.79 Å². The lowest BCUT2D eigenvalue weighted by atomic mass is 10.1.